The second-order valence-corrected chi connectivity index (χ2v) is 5.49. The number of nitrogens with zero attached hydrogens (tertiary/aromatic N) is 4. The Morgan fingerprint density at radius 3 is 2.46 bits per heavy atom. The SMILES string of the molecule is Cc1nn(CC(=O)NCCNc2ccccc2[N+](=O)[O-])c(C)c1[N+](=O)[O-]. The molecule has 1 amide bonds. The molecular weight excluding hydrogens is 344 g/mol. The third-order valence-electron chi connectivity index (χ3n) is 3.68. The molecule has 0 atom stereocenters. The quantitative estimate of drug-likeness (QED) is 0.411. The van der Waals surface area contributed by atoms with Gasteiger partial charge in [0, 0.05) is 19.2 Å². The summed E-state index contributed by atoms with van der Waals surface area (Å²) in [5, 5.41) is 31.4. The predicted octanol–water partition coefficient (Wildman–Crippen LogP) is 1.54. The highest BCUT2D eigenvalue weighted by molar-refractivity contribution is 5.76. The lowest BCUT2D eigenvalue weighted by molar-refractivity contribution is -0.386. The number of carbonyl (C=O) groups excluding carboxylic acids is 1. The number of hydrogen-bond donors (Lipinski definition) is 2. The highest BCUT2D eigenvalue weighted by Crippen LogP contribution is 2.23. The van der Waals surface area contributed by atoms with Gasteiger partial charge in [0.05, 0.1) is 9.85 Å². The fourth-order valence-corrected chi connectivity index (χ4v) is 2.48. The van der Waals surface area contributed by atoms with E-state index in [4.69, 9.17) is 0 Å². The molecule has 2 rings (SSSR count). The summed E-state index contributed by atoms with van der Waals surface area (Å²) in [6.45, 7) is 3.41. The predicted molar refractivity (Wildman–Crippen MR) is 93.0 cm³/mol. The molecule has 0 saturated carbocycles. The fourth-order valence-electron chi connectivity index (χ4n) is 2.48. The molecule has 1 aromatic carbocycles. The van der Waals surface area contributed by atoms with E-state index >= 15 is 0 Å². The maximum absolute atomic E-state index is 12.0. The van der Waals surface area contributed by atoms with Crippen LogP contribution in [0.15, 0.2) is 24.3 Å². The van der Waals surface area contributed by atoms with Gasteiger partial charge in [-0.05, 0) is 19.9 Å². The van der Waals surface area contributed by atoms with E-state index < -0.39 is 9.85 Å². The number of para-hydroxylation sites is 2. The van der Waals surface area contributed by atoms with E-state index in [0.29, 0.717) is 11.4 Å². The zero-order valence-electron chi connectivity index (χ0n) is 14.3. The van der Waals surface area contributed by atoms with E-state index in [1.165, 1.54) is 24.6 Å². The fraction of sp³-hybridized carbons (Fsp3) is 0.333. The van der Waals surface area contributed by atoms with Crippen molar-refractivity contribution in [1.82, 2.24) is 15.1 Å². The number of nitro benzene ring substituents is 1. The zero-order chi connectivity index (χ0) is 19.3. The van der Waals surface area contributed by atoms with Gasteiger partial charge < -0.3 is 10.6 Å². The molecule has 26 heavy (non-hydrogen) atoms. The standard InChI is InChI=1S/C15H18N6O5/c1-10-15(21(25)26)11(2)19(18-10)9-14(22)17-8-7-16-12-5-3-4-6-13(12)20(23)24/h3-6,16H,7-9H2,1-2H3,(H,17,22). The highest BCUT2D eigenvalue weighted by Gasteiger charge is 2.22. The Bertz CT molecular complexity index is 847. The van der Waals surface area contributed by atoms with Crippen LogP contribution >= 0.6 is 0 Å². The van der Waals surface area contributed by atoms with Gasteiger partial charge in [0.25, 0.3) is 5.69 Å². The van der Waals surface area contributed by atoms with Gasteiger partial charge in [0.2, 0.25) is 5.91 Å². The number of nitrogens with one attached hydrogen (secondary N) is 2. The average Bonchev–Trinajstić information content (AvgIpc) is 2.85. The molecular formula is C15H18N6O5. The normalized spacial score (nSPS) is 10.4. The summed E-state index contributed by atoms with van der Waals surface area (Å²) in [6, 6.07) is 6.20. The third kappa shape index (κ3) is 4.32. The van der Waals surface area contributed by atoms with E-state index in [-0.39, 0.29) is 42.6 Å². The van der Waals surface area contributed by atoms with Crippen LogP contribution in [0.3, 0.4) is 0 Å². The molecule has 0 aliphatic carbocycles. The highest BCUT2D eigenvalue weighted by atomic mass is 16.6. The van der Waals surface area contributed by atoms with Crippen LogP contribution in [0.2, 0.25) is 0 Å². The van der Waals surface area contributed by atoms with Gasteiger partial charge in [-0.1, -0.05) is 12.1 Å². The van der Waals surface area contributed by atoms with Crippen LogP contribution < -0.4 is 10.6 Å². The van der Waals surface area contributed by atoms with E-state index in [9.17, 15) is 25.0 Å². The van der Waals surface area contributed by atoms with Crippen LogP contribution in [0.1, 0.15) is 11.4 Å². The summed E-state index contributed by atoms with van der Waals surface area (Å²) in [6.07, 6.45) is 0. The van der Waals surface area contributed by atoms with Crippen molar-refractivity contribution in [2.45, 2.75) is 20.4 Å². The second-order valence-electron chi connectivity index (χ2n) is 5.49. The topological polar surface area (TPSA) is 145 Å². The van der Waals surface area contributed by atoms with Crippen LogP contribution in [0, 0.1) is 34.1 Å². The number of rotatable bonds is 8. The summed E-state index contributed by atoms with van der Waals surface area (Å²) >= 11 is 0. The maximum atomic E-state index is 12.0. The number of benzene rings is 1. The molecule has 1 aromatic heterocycles. The molecule has 0 saturated heterocycles. The number of nitro groups is 2. The van der Waals surface area contributed by atoms with Gasteiger partial charge in [-0.2, -0.15) is 5.10 Å². The number of aryl methyl sites for hydroxylation is 1. The van der Waals surface area contributed by atoms with E-state index in [1.54, 1.807) is 18.2 Å². The van der Waals surface area contributed by atoms with Crippen molar-refractivity contribution in [3.63, 3.8) is 0 Å². The molecule has 1 heterocycles. The van der Waals surface area contributed by atoms with Crippen molar-refractivity contribution >= 4 is 23.0 Å². The lowest BCUT2D eigenvalue weighted by Crippen LogP contribution is -2.32. The van der Waals surface area contributed by atoms with E-state index in [1.807, 2.05) is 0 Å². The number of carbonyl (C=O) groups is 1. The molecule has 0 bridgehead atoms. The van der Waals surface area contributed by atoms with Gasteiger partial charge in [-0.15, -0.1) is 0 Å². The molecule has 0 fully saturated rings. The molecule has 0 aliphatic rings. The first-order valence-electron chi connectivity index (χ1n) is 7.73. The Kier molecular flexibility index (Phi) is 5.83. The Hall–Kier alpha value is -3.50. The van der Waals surface area contributed by atoms with E-state index in [2.05, 4.69) is 15.7 Å². The van der Waals surface area contributed by atoms with Crippen LogP contribution in [0.4, 0.5) is 17.1 Å². The minimum absolute atomic E-state index is 0.0474. The summed E-state index contributed by atoms with van der Waals surface area (Å²) < 4.78 is 1.28. The molecule has 0 aliphatic heterocycles. The molecule has 2 aromatic rings. The van der Waals surface area contributed by atoms with Crippen molar-refractivity contribution in [2.75, 3.05) is 18.4 Å². The number of hydrogen-bond acceptors (Lipinski definition) is 7. The van der Waals surface area contributed by atoms with Gasteiger partial charge in [-0.3, -0.25) is 29.7 Å². The smallest absolute Gasteiger partial charge is 0.312 e. The minimum atomic E-state index is -0.525. The van der Waals surface area contributed by atoms with Crippen LogP contribution in [-0.2, 0) is 11.3 Å². The molecule has 0 spiro atoms. The first-order chi connectivity index (χ1) is 12.3. The van der Waals surface area contributed by atoms with Crippen LogP contribution in [0.25, 0.3) is 0 Å². The van der Waals surface area contributed by atoms with Crippen molar-refractivity contribution < 1.29 is 14.6 Å². The third-order valence-corrected chi connectivity index (χ3v) is 3.68. The lowest BCUT2D eigenvalue weighted by atomic mass is 10.2. The van der Waals surface area contributed by atoms with Crippen molar-refractivity contribution in [3.05, 3.63) is 55.9 Å². The largest absolute Gasteiger partial charge is 0.378 e. The first-order valence-corrected chi connectivity index (χ1v) is 7.73. The molecule has 0 radical (unpaired) electrons. The molecule has 0 unspecified atom stereocenters. The number of amides is 1. The Balaban J connectivity index is 1.86. The van der Waals surface area contributed by atoms with Crippen molar-refractivity contribution in [2.24, 2.45) is 0 Å². The summed E-state index contributed by atoms with van der Waals surface area (Å²) in [5.41, 5.74) is 0.768. The van der Waals surface area contributed by atoms with Gasteiger partial charge in [-0.25, -0.2) is 0 Å². The lowest BCUT2D eigenvalue weighted by Gasteiger charge is -2.09. The number of anilines is 1. The molecule has 11 nitrogen and oxygen atoms in total. The van der Waals surface area contributed by atoms with Crippen molar-refractivity contribution in [3.8, 4) is 0 Å². The summed E-state index contributed by atoms with van der Waals surface area (Å²) in [4.78, 5) is 32.8. The minimum Gasteiger partial charge on any atom is -0.378 e. The Morgan fingerprint density at radius 1 is 1.15 bits per heavy atom. The molecule has 11 heteroatoms. The van der Waals surface area contributed by atoms with E-state index in [0.717, 1.165) is 0 Å². The number of aromatic nitrogens is 2. The first kappa shape index (κ1) is 18.8. The van der Waals surface area contributed by atoms with Crippen LogP contribution in [-0.4, -0.2) is 38.6 Å². The van der Waals surface area contributed by atoms with Gasteiger partial charge in [0.1, 0.15) is 23.6 Å². The molecule has 138 valence electrons. The molecule has 2 N–H and O–H groups in total. The average molecular weight is 362 g/mol. The maximum Gasteiger partial charge on any atom is 0.312 e. The van der Waals surface area contributed by atoms with Gasteiger partial charge >= 0.3 is 5.69 Å². The second kappa shape index (κ2) is 8.05. The zero-order valence-corrected chi connectivity index (χ0v) is 14.3. The van der Waals surface area contributed by atoms with Crippen molar-refractivity contribution in [1.29, 1.82) is 0 Å². The Morgan fingerprint density at radius 2 is 1.85 bits per heavy atom. The monoisotopic (exact) mass is 362 g/mol. The summed E-state index contributed by atoms with van der Waals surface area (Å²) in [7, 11) is 0. The Labute approximate surface area is 148 Å². The summed E-state index contributed by atoms with van der Waals surface area (Å²) in [5.74, 6) is -0.366. The van der Waals surface area contributed by atoms with Gasteiger partial charge in [0.15, 0.2) is 0 Å². The van der Waals surface area contributed by atoms with Crippen LogP contribution in [0.5, 0.6) is 0 Å².